The van der Waals surface area contributed by atoms with Crippen molar-refractivity contribution in [1.82, 2.24) is 5.48 Å². The van der Waals surface area contributed by atoms with Crippen LogP contribution in [0.15, 0.2) is 24.3 Å². The van der Waals surface area contributed by atoms with E-state index in [1.807, 2.05) is 0 Å². The predicted octanol–water partition coefficient (Wildman–Crippen LogP) is 3.84. The monoisotopic (exact) mass is 416 g/mol. The summed E-state index contributed by atoms with van der Waals surface area (Å²) in [7, 11) is 0. The van der Waals surface area contributed by atoms with Crippen molar-refractivity contribution in [1.29, 1.82) is 0 Å². The van der Waals surface area contributed by atoms with Crippen LogP contribution in [0, 0.1) is 0 Å². The first kappa shape index (κ1) is 20.7. The number of carbonyl (C=O) groups is 1. The fraction of sp³-hybridized carbons (Fsp3) is 0.222. The molecule has 0 unspecified atom stereocenters. The smallest absolute Gasteiger partial charge is 0.288 e. The molecule has 0 aliphatic rings. The third-order valence-corrected chi connectivity index (χ3v) is 3.09. The van der Waals surface area contributed by atoms with E-state index in [0.717, 1.165) is 24.3 Å². The standard InChI is InChI=1S/C9H6Cl2F4N2O2S.Zn/c10-8(11,12)20-17(9(13,14)15)6-3-1-2-5(4-6)7(18)16-19;/h1-4,19H,(H,16,18);. The third-order valence-electron chi connectivity index (χ3n) is 1.87. The second-order valence-electron chi connectivity index (χ2n) is 3.29. The van der Waals surface area contributed by atoms with Crippen LogP contribution >= 0.6 is 35.1 Å². The zero-order valence-electron chi connectivity index (χ0n) is 10.00. The summed E-state index contributed by atoms with van der Waals surface area (Å²) in [5.41, 5.74) is 0.402. The Morgan fingerprint density at radius 3 is 2.29 bits per heavy atom. The molecule has 114 valence electrons. The average Bonchev–Trinajstić information content (AvgIpc) is 2.33. The molecule has 0 saturated heterocycles. The molecule has 0 aliphatic carbocycles. The van der Waals surface area contributed by atoms with E-state index in [2.05, 4.69) is 0 Å². The van der Waals surface area contributed by atoms with Gasteiger partial charge >= 0.3 is 10.2 Å². The predicted molar refractivity (Wildman–Crippen MR) is 67.4 cm³/mol. The van der Waals surface area contributed by atoms with Gasteiger partial charge in [0.15, 0.2) is 0 Å². The van der Waals surface area contributed by atoms with Crippen molar-refractivity contribution < 1.29 is 47.0 Å². The molecule has 0 atom stereocenters. The molecule has 0 spiro atoms. The molecule has 0 bridgehead atoms. The van der Waals surface area contributed by atoms with E-state index in [-0.39, 0.29) is 25.0 Å². The van der Waals surface area contributed by atoms with Gasteiger partial charge in [-0.2, -0.15) is 4.39 Å². The van der Waals surface area contributed by atoms with E-state index in [1.54, 1.807) is 0 Å². The minimum Gasteiger partial charge on any atom is -0.288 e. The quantitative estimate of drug-likeness (QED) is 0.148. The Bertz CT molecular complexity index is 501. The number of alkyl halides is 6. The molecule has 0 fully saturated rings. The fourth-order valence-electron chi connectivity index (χ4n) is 1.19. The minimum absolute atomic E-state index is 0. The van der Waals surface area contributed by atoms with Gasteiger partial charge in [-0.25, -0.2) is 9.79 Å². The Hall–Kier alpha value is -0.277. The molecule has 0 radical (unpaired) electrons. The van der Waals surface area contributed by atoms with Crippen molar-refractivity contribution in [3.63, 3.8) is 0 Å². The number of benzene rings is 1. The molecule has 1 rings (SSSR count). The van der Waals surface area contributed by atoms with Gasteiger partial charge in [-0.15, -0.1) is 13.2 Å². The normalized spacial score (nSPS) is 11.6. The maximum absolute atomic E-state index is 13.0. The summed E-state index contributed by atoms with van der Waals surface area (Å²) >= 11 is 9.30. The van der Waals surface area contributed by atoms with Gasteiger partial charge in [0.05, 0.1) is 5.69 Å². The molecule has 21 heavy (non-hydrogen) atoms. The van der Waals surface area contributed by atoms with Crippen LogP contribution < -0.4 is 9.79 Å². The molecule has 1 aromatic rings. The number of nitrogens with one attached hydrogen (secondary N) is 1. The first-order valence-electron chi connectivity index (χ1n) is 4.72. The van der Waals surface area contributed by atoms with Crippen LogP contribution in [0.4, 0.5) is 23.2 Å². The van der Waals surface area contributed by atoms with Gasteiger partial charge in [0.1, 0.15) is 0 Å². The number of hydroxylamine groups is 1. The summed E-state index contributed by atoms with van der Waals surface area (Å²) in [4.78, 5) is 11.1. The van der Waals surface area contributed by atoms with Gasteiger partial charge in [0, 0.05) is 37.0 Å². The molecule has 0 aromatic heterocycles. The first-order chi connectivity index (χ1) is 9.04. The van der Waals surface area contributed by atoms with Crippen molar-refractivity contribution in [2.75, 3.05) is 4.31 Å². The number of carbonyl (C=O) groups excluding carboxylic acids is 1. The Morgan fingerprint density at radius 2 is 1.86 bits per heavy atom. The third kappa shape index (κ3) is 6.56. The van der Waals surface area contributed by atoms with Crippen LogP contribution in [-0.4, -0.2) is 21.3 Å². The summed E-state index contributed by atoms with van der Waals surface area (Å²) in [6, 6.07) is 4.01. The van der Waals surface area contributed by atoms with Crippen molar-refractivity contribution >= 4 is 46.7 Å². The Labute approximate surface area is 143 Å². The maximum Gasteiger partial charge on any atom is 0.495 e. The number of hydrogen-bond acceptors (Lipinski definition) is 4. The summed E-state index contributed by atoms with van der Waals surface area (Å²) < 4.78 is 47.8. The van der Waals surface area contributed by atoms with Gasteiger partial charge in [-0.05, 0) is 18.2 Å². The molecular weight excluding hydrogens is 412 g/mol. The zero-order valence-corrected chi connectivity index (χ0v) is 15.3. The van der Waals surface area contributed by atoms with Gasteiger partial charge < -0.3 is 0 Å². The molecule has 1 amide bonds. The summed E-state index contributed by atoms with van der Waals surface area (Å²) in [5.74, 6) is -1.03. The van der Waals surface area contributed by atoms with Crippen LogP contribution in [0.3, 0.4) is 0 Å². The Kier molecular flexibility index (Phi) is 7.72. The fourth-order valence-corrected chi connectivity index (χ4v) is 2.14. The van der Waals surface area contributed by atoms with E-state index in [0.29, 0.717) is 0 Å². The van der Waals surface area contributed by atoms with Crippen LogP contribution in [0.25, 0.3) is 0 Å². The minimum atomic E-state index is -5.00. The van der Waals surface area contributed by atoms with E-state index < -0.39 is 38.1 Å². The molecule has 0 saturated carbocycles. The summed E-state index contributed by atoms with van der Waals surface area (Å²) in [6.07, 6.45) is -5.00. The number of hydrogen-bond donors (Lipinski definition) is 2. The van der Waals surface area contributed by atoms with Crippen LogP contribution in [0.1, 0.15) is 10.4 Å². The number of nitrogens with zero attached hydrogens (tertiary/aromatic N) is 1. The van der Waals surface area contributed by atoms with Gasteiger partial charge in [-0.1, -0.05) is 29.3 Å². The first-order valence-corrected chi connectivity index (χ1v) is 6.25. The van der Waals surface area contributed by atoms with E-state index in [4.69, 9.17) is 28.4 Å². The molecule has 0 heterocycles. The van der Waals surface area contributed by atoms with Gasteiger partial charge in [0.25, 0.3) is 5.91 Å². The average molecular weight is 419 g/mol. The van der Waals surface area contributed by atoms with E-state index in [9.17, 15) is 22.4 Å². The molecule has 1 aromatic carbocycles. The number of anilines is 1. The SMILES string of the molecule is O=C(NO)c1cccc(N(SC(F)(Cl)Cl)C(F)(F)F)c1.[Zn]. The number of amides is 1. The summed E-state index contributed by atoms with van der Waals surface area (Å²) in [5, 5.41) is 8.42. The Balaban J connectivity index is 0.00000400. The molecule has 4 nitrogen and oxygen atoms in total. The van der Waals surface area contributed by atoms with Crippen molar-refractivity contribution in [2.45, 2.75) is 10.2 Å². The van der Waals surface area contributed by atoms with E-state index in [1.165, 1.54) is 5.48 Å². The second-order valence-corrected chi connectivity index (χ2v) is 6.08. The summed E-state index contributed by atoms with van der Waals surface area (Å²) in [6.45, 7) is 0. The van der Waals surface area contributed by atoms with Crippen molar-refractivity contribution in [2.24, 2.45) is 0 Å². The zero-order chi connectivity index (χ0) is 15.6. The van der Waals surface area contributed by atoms with Crippen LogP contribution in [0.2, 0.25) is 0 Å². The largest absolute Gasteiger partial charge is 0.495 e. The number of halogens is 6. The van der Waals surface area contributed by atoms with Crippen molar-refractivity contribution in [3.05, 3.63) is 29.8 Å². The number of rotatable bonds is 4. The molecule has 0 aliphatic heterocycles. The van der Waals surface area contributed by atoms with E-state index >= 15 is 0 Å². The molecular formula is C9H6Cl2F4N2O2SZn. The van der Waals surface area contributed by atoms with Gasteiger partial charge in [0.2, 0.25) is 0 Å². The molecule has 12 heteroatoms. The topological polar surface area (TPSA) is 52.6 Å². The van der Waals surface area contributed by atoms with Crippen LogP contribution in [0.5, 0.6) is 0 Å². The van der Waals surface area contributed by atoms with Crippen LogP contribution in [-0.2, 0) is 19.5 Å². The Morgan fingerprint density at radius 1 is 1.29 bits per heavy atom. The molecule has 2 N–H and O–H groups in total. The van der Waals surface area contributed by atoms with Gasteiger partial charge in [-0.3, -0.25) is 10.0 Å². The maximum atomic E-state index is 13.0. The second kappa shape index (κ2) is 7.83. The van der Waals surface area contributed by atoms with Crippen molar-refractivity contribution in [3.8, 4) is 0 Å².